The molecule has 5 rings (SSSR count). The van der Waals surface area contributed by atoms with E-state index in [1.807, 2.05) is 30.3 Å². The Morgan fingerprint density at radius 3 is 2.58 bits per heavy atom. The normalized spacial score (nSPS) is 12.9. The summed E-state index contributed by atoms with van der Waals surface area (Å²) in [5.41, 5.74) is 3.95. The summed E-state index contributed by atoms with van der Waals surface area (Å²) >= 11 is 1.55. The van der Waals surface area contributed by atoms with E-state index in [2.05, 4.69) is 14.4 Å². The molecule has 1 N–H and O–H groups in total. The van der Waals surface area contributed by atoms with E-state index < -0.39 is 16.0 Å². The number of rotatable bonds is 6. The monoisotopic (exact) mass is 519 g/mol. The van der Waals surface area contributed by atoms with E-state index in [0.29, 0.717) is 12.2 Å². The predicted molar refractivity (Wildman–Crippen MR) is 137 cm³/mol. The first-order chi connectivity index (χ1) is 17.2. The number of hydrogen-bond donors (Lipinski definition) is 1. The zero-order valence-corrected chi connectivity index (χ0v) is 21.0. The quantitative estimate of drug-likeness (QED) is 0.372. The van der Waals surface area contributed by atoms with Crippen LogP contribution in [0.2, 0.25) is 0 Å². The second-order valence-electron chi connectivity index (χ2n) is 8.28. The number of fused-ring (bicyclic) bond motifs is 1. The molecule has 0 fully saturated rings. The number of hydrogen-bond acceptors (Lipinski definition) is 7. The molecule has 1 aliphatic rings. The number of aromatic nitrogens is 1. The maximum atomic E-state index is 12.9. The second-order valence-corrected chi connectivity index (χ2v) is 11.1. The third kappa shape index (κ3) is 4.48. The van der Waals surface area contributed by atoms with Gasteiger partial charge < -0.3 is 9.64 Å². The summed E-state index contributed by atoms with van der Waals surface area (Å²) in [6.45, 7) is 0.592. The number of nitrogens with one attached hydrogen (secondary N) is 1. The van der Waals surface area contributed by atoms with Crippen molar-refractivity contribution in [3.63, 3.8) is 0 Å². The van der Waals surface area contributed by atoms with Crippen LogP contribution in [0.1, 0.15) is 26.3 Å². The highest BCUT2D eigenvalue weighted by molar-refractivity contribution is 7.92. The lowest BCUT2D eigenvalue weighted by Gasteiger charge is -2.09. The molecule has 8 nitrogen and oxygen atoms in total. The van der Waals surface area contributed by atoms with Crippen LogP contribution in [0.15, 0.2) is 78.0 Å². The molecule has 0 saturated carbocycles. The SMILES string of the molecule is COC(=O)c1cccc(S(=O)(=O)Nc2cncc(-c3ccc(-c4ccc5c(c4)CN(C)C5=O)s3)c2)c1. The van der Waals surface area contributed by atoms with Gasteiger partial charge in [0.1, 0.15) is 0 Å². The van der Waals surface area contributed by atoms with Crippen molar-refractivity contribution in [1.82, 2.24) is 9.88 Å². The van der Waals surface area contributed by atoms with Gasteiger partial charge in [-0.1, -0.05) is 12.1 Å². The molecule has 0 spiro atoms. The largest absolute Gasteiger partial charge is 0.465 e. The number of amides is 1. The Morgan fingerprint density at radius 1 is 1.03 bits per heavy atom. The molecule has 2 aromatic heterocycles. The van der Waals surface area contributed by atoms with Crippen LogP contribution in [-0.2, 0) is 21.3 Å². The lowest BCUT2D eigenvalue weighted by Crippen LogP contribution is -2.17. The average Bonchev–Trinajstić information content (AvgIpc) is 3.48. The molecule has 0 aliphatic carbocycles. The number of carbonyl (C=O) groups is 2. The fraction of sp³-hybridized carbons (Fsp3) is 0.115. The van der Waals surface area contributed by atoms with Gasteiger partial charge in [0, 0.05) is 40.7 Å². The number of ether oxygens (including phenoxy) is 1. The lowest BCUT2D eigenvalue weighted by molar-refractivity contribution is 0.0600. The molecule has 36 heavy (non-hydrogen) atoms. The Morgan fingerprint density at radius 2 is 1.81 bits per heavy atom. The van der Waals surface area contributed by atoms with E-state index in [1.54, 1.807) is 35.5 Å². The van der Waals surface area contributed by atoms with Crippen molar-refractivity contribution < 1.29 is 22.7 Å². The molecule has 0 radical (unpaired) electrons. The van der Waals surface area contributed by atoms with E-state index in [4.69, 9.17) is 0 Å². The summed E-state index contributed by atoms with van der Waals surface area (Å²) < 4.78 is 33.1. The minimum atomic E-state index is -3.96. The summed E-state index contributed by atoms with van der Waals surface area (Å²) in [6.07, 6.45) is 3.09. The third-order valence-corrected chi connectivity index (χ3v) is 8.38. The van der Waals surface area contributed by atoms with Gasteiger partial charge >= 0.3 is 5.97 Å². The molecule has 0 saturated heterocycles. The highest BCUT2D eigenvalue weighted by Gasteiger charge is 2.24. The minimum absolute atomic E-state index is 0.0331. The Hall–Kier alpha value is -4.02. The van der Waals surface area contributed by atoms with Crippen molar-refractivity contribution >= 4 is 38.9 Å². The van der Waals surface area contributed by atoms with Crippen LogP contribution in [0.3, 0.4) is 0 Å². The van der Waals surface area contributed by atoms with Gasteiger partial charge in [-0.05, 0) is 59.7 Å². The Labute approximate surface area is 212 Å². The molecule has 4 aromatic rings. The van der Waals surface area contributed by atoms with Crippen LogP contribution >= 0.6 is 11.3 Å². The first-order valence-corrected chi connectivity index (χ1v) is 13.2. The Balaban J connectivity index is 1.39. The molecule has 0 unspecified atom stereocenters. The maximum Gasteiger partial charge on any atom is 0.337 e. The summed E-state index contributed by atoms with van der Waals surface area (Å²) in [7, 11) is -0.933. The fourth-order valence-electron chi connectivity index (χ4n) is 4.02. The zero-order chi connectivity index (χ0) is 25.4. The molecule has 0 atom stereocenters. The summed E-state index contributed by atoms with van der Waals surface area (Å²) in [5, 5.41) is 0. The van der Waals surface area contributed by atoms with Crippen molar-refractivity contribution in [3.05, 3.63) is 89.7 Å². The highest BCUT2D eigenvalue weighted by Crippen LogP contribution is 2.37. The average molecular weight is 520 g/mol. The molecule has 1 amide bonds. The molecule has 3 heterocycles. The number of anilines is 1. The van der Waals surface area contributed by atoms with Crippen LogP contribution in [0.5, 0.6) is 0 Å². The minimum Gasteiger partial charge on any atom is -0.465 e. The van der Waals surface area contributed by atoms with Gasteiger partial charge in [0.25, 0.3) is 15.9 Å². The summed E-state index contributed by atoms with van der Waals surface area (Å²) in [6, 6.07) is 17.1. The summed E-state index contributed by atoms with van der Waals surface area (Å²) in [4.78, 5) is 31.7. The van der Waals surface area contributed by atoms with Gasteiger partial charge in [-0.15, -0.1) is 11.3 Å². The van der Waals surface area contributed by atoms with Crippen molar-refractivity contribution in [2.75, 3.05) is 18.9 Å². The standard InChI is InChI=1S/C26H21N3O5S2/c1-29-15-19-10-16(6-7-22(19)25(29)30)23-8-9-24(35-23)18-11-20(14-27-13-18)28-36(32,33)21-5-3-4-17(12-21)26(31)34-2/h3-14,28H,15H2,1-2H3. The van der Waals surface area contributed by atoms with Crippen LogP contribution in [0, 0.1) is 0 Å². The van der Waals surface area contributed by atoms with E-state index in [0.717, 1.165) is 32.0 Å². The van der Waals surface area contributed by atoms with Crippen molar-refractivity contribution in [1.29, 1.82) is 0 Å². The number of benzene rings is 2. The van der Waals surface area contributed by atoms with E-state index >= 15 is 0 Å². The first-order valence-electron chi connectivity index (χ1n) is 10.9. The fourth-order valence-corrected chi connectivity index (χ4v) is 6.08. The van der Waals surface area contributed by atoms with Gasteiger partial charge in [-0.3, -0.25) is 14.5 Å². The van der Waals surface area contributed by atoms with Crippen molar-refractivity contribution in [2.45, 2.75) is 11.4 Å². The Bertz CT molecular complexity index is 1610. The molecule has 0 bridgehead atoms. The number of nitrogens with zero attached hydrogens (tertiary/aromatic N) is 2. The number of methoxy groups -OCH3 is 1. The maximum absolute atomic E-state index is 12.9. The van der Waals surface area contributed by atoms with Gasteiger partial charge in [0.2, 0.25) is 0 Å². The highest BCUT2D eigenvalue weighted by atomic mass is 32.2. The van der Waals surface area contributed by atoms with Gasteiger partial charge in [0.15, 0.2) is 0 Å². The third-order valence-electron chi connectivity index (χ3n) is 5.82. The van der Waals surface area contributed by atoms with Crippen molar-refractivity contribution in [3.8, 4) is 20.9 Å². The van der Waals surface area contributed by atoms with E-state index in [-0.39, 0.29) is 16.4 Å². The van der Waals surface area contributed by atoms with Gasteiger partial charge in [-0.2, -0.15) is 0 Å². The lowest BCUT2D eigenvalue weighted by atomic mass is 10.1. The number of sulfonamides is 1. The van der Waals surface area contributed by atoms with Crippen LogP contribution < -0.4 is 4.72 Å². The number of carbonyl (C=O) groups excluding carboxylic acids is 2. The molecule has 10 heteroatoms. The number of pyridine rings is 1. The molecule has 1 aliphatic heterocycles. The number of esters is 1. The van der Waals surface area contributed by atoms with Gasteiger partial charge in [-0.25, -0.2) is 13.2 Å². The first kappa shape index (κ1) is 23.7. The topological polar surface area (TPSA) is 106 Å². The van der Waals surface area contributed by atoms with Crippen LogP contribution in [-0.4, -0.2) is 44.3 Å². The Kier molecular flexibility index (Phi) is 6.07. The van der Waals surface area contributed by atoms with E-state index in [1.165, 1.54) is 37.6 Å². The van der Waals surface area contributed by atoms with Crippen molar-refractivity contribution in [2.24, 2.45) is 0 Å². The number of thiophene rings is 1. The zero-order valence-electron chi connectivity index (χ0n) is 19.4. The van der Waals surface area contributed by atoms with E-state index in [9.17, 15) is 18.0 Å². The molecular weight excluding hydrogens is 498 g/mol. The smallest absolute Gasteiger partial charge is 0.337 e. The second kappa shape index (κ2) is 9.21. The molecule has 182 valence electrons. The van der Waals surface area contributed by atoms with Crippen LogP contribution in [0.4, 0.5) is 5.69 Å². The summed E-state index contributed by atoms with van der Waals surface area (Å²) in [5.74, 6) is -0.586. The molecule has 2 aromatic carbocycles. The van der Waals surface area contributed by atoms with Crippen LogP contribution in [0.25, 0.3) is 20.9 Å². The molecular formula is C26H21N3O5S2. The predicted octanol–water partition coefficient (Wildman–Crippen LogP) is 4.65. The van der Waals surface area contributed by atoms with Gasteiger partial charge in [0.05, 0.1) is 29.5 Å².